The van der Waals surface area contributed by atoms with Crippen LogP contribution in [0.1, 0.15) is 23.7 Å². The molecule has 106 valence electrons. The summed E-state index contributed by atoms with van der Waals surface area (Å²) in [4.78, 5) is 4.65. The predicted octanol–water partition coefficient (Wildman–Crippen LogP) is 4.72. The second-order valence-corrected chi connectivity index (χ2v) is 5.35. The van der Waals surface area contributed by atoms with E-state index >= 15 is 0 Å². The van der Waals surface area contributed by atoms with E-state index in [1.165, 1.54) is 16.5 Å². The van der Waals surface area contributed by atoms with Gasteiger partial charge in [0.15, 0.2) is 0 Å². The molecule has 2 heteroatoms. The molecule has 2 nitrogen and oxygen atoms in total. The number of nitrogens with zero attached hydrogens (tertiary/aromatic N) is 1. The summed E-state index contributed by atoms with van der Waals surface area (Å²) in [5, 5.41) is 4.68. The predicted molar refractivity (Wildman–Crippen MR) is 89.6 cm³/mol. The zero-order valence-electron chi connectivity index (χ0n) is 12.6. The molecule has 1 N–H and O–H groups in total. The van der Waals surface area contributed by atoms with E-state index in [0.717, 1.165) is 29.9 Å². The third kappa shape index (κ3) is 3.05. The van der Waals surface area contributed by atoms with Gasteiger partial charge in [-0.3, -0.25) is 4.98 Å². The molecule has 0 unspecified atom stereocenters. The molecule has 3 rings (SSSR count). The van der Waals surface area contributed by atoms with Crippen molar-refractivity contribution in [2.45, 2.75) is 26.8 Å². The molecule has 0 atom stereocenters. The van der Waals surface area contributed by atoms with Crippen molar-refractivity contribution in [3.63, 3.8) is 0 Å². The smallest absolute Gasteiger partial charge is 0.0936 e. The SMILES string of the molecule is CCc1ccc(CNc2cccc3ccc(C)nc23)cc1. The molecule has 0 aliphatic rings. The van der Waals surface area contributed by atoms with Gasteiger partial charge < -0.3 is 5.32 Å². The molecule has 0 bridgehead atoms. The Hall–Kier alpha value is -2.35. The summed E-state index contributed by atoms with van der Waals surface area (Å²) in [6.07, 6.45) is 1.08. The minimum Gasteiger partial charge on any atom is -0.379 e. The maximum absolute atomic E-state index is 4.65. The van der Waals surface area contributed by atoms with Crippen molar-refractivity contribution in [2.75, 3.05) is 5.32 Å². The molecule has 0 aliphatic carbocycles. The van der Waals surface area contributed by atoms with Crippen LogP contribution in [0.2, 0.25) is 0 Å². The first kappa shape index (κ1) is 13.6. The topological polar surface area (TPSA) is 24.9 Å². The molecular weight excluding hydrogens is 256 g/mol. The van der Waals surface area contributed by atoms with Gasteiger partial charge in [-0.25, -0.2) is 0 Å². The van der Waals surface area contributed by atoms with Crippen LogP contribution in [-0.2, 0) is 13.0 Å². The first-order valence-corrected chi connectivity index (χ1v) is 7.44. The maximum atomic E-state index is 4.65. The van der Waals surface area contributed by atoms with Gasteiger partial charge in [-0.2, -0.15) is 0 Å². The number of fused-ring (bicyclic) bond motifs is 1. The van der Waals surface area contributed by atoms with E-state index in [1.807, 2.05) is 6.92 Å². The number of nitrogens with one attached hydrogen (secondary N) is 1. The molecule has 1 aromatic heterocycles. The highest BCUT2D eigenvalue weighted by Crippen LogP contribution is 2.22. The fourth-order valence-electron chi connectivity index (χ4n) is 2.48. The van der Waals surface area contributed by atoms with Crippen LogP contribution in [-0.4, -0.2) is 4.98 Å². The number of aromatic nitrogens is 1. The van der Waals surface area contributed by atoms with Gasteiger partial charge in [-0.15, -0.1) is 0 Å². The van der Waals surface area contributed by atoms with Crippen molar-refractivity contribution >= 4 is 16.6 Å². The number of aryl methyl sites for hydroxylation is 2. The van der Waals surface area contributed by atoms with Crippen molar-refractivity contribution in [2.24, 2.45) is 0 Å². The number of benzene rings is 2. The summed E-state index contributed by atoms with van der Waals surface area (Å²) < 4.78 is 0. The van der Waals surface area contributed by atoms with Crippen LogP contribution >= 0.6 is 0 Å². The first-order valence-electron chi connectivity index (χ1n) is 7.44. The van der Waals surface area contributed by atoms with Gasteiger partial charge in [-0.05, 0) is 36.6 Å². The number of anilines is 1. The normalized spacial score (nSPS) is 10.8. The Kier molecular flexibility index (Phi) is 3.87. The summed E-state index contributed by atoms with van der Waals surface area (Å²) in [5.74, 6) is 0. The number of pyridine rings is 1. The minimum atomic E-state index is 0.818. The van der Waals surface area contributed by atoms with Crippen LogP contribution in [0, 0.1) is 6.92 Å². The van der Waals surface area contributed by atoms with Gasteiger partial charge in [0.2, 0.25) is 0 Å². The van der Waals surface area contributed by atoms with Crippen molar-refractivity contribution in [1.29, 1.82) is 0 Å². The molecule has 0 amide bonds. The Bertz CT molecular complexity index is 745. The second kappa shape index (κ2) is 5.96. The summed E-state index contributed by atoms with van der Waals surface area (Å²) in [6, 6.07) is 19.2. The van der Waals surface area contributed by atoms with Crippen LogP contribution < -0.4 is 5.32 Å². The number of rotatable bonds is 4. The summed E-state index contributed by atoms with van der Waals surface area (Å²) in [6.45, 7) is 5.02. The molecule has 0 radical (unpaired) electrons. The summed E-state index contributed by atoms with van der Waals surface area (Å²) >= 11 is 0. The van der Waals surface area contributed by atoms with Gasteiger partial charge in [0.05, 0.1) is 11.2 Å². The third-order valence-corrected chi connectivity index (χ3v) is 3.77. The average molecular weight is 276 g/mol. The number of hydrogen-bond acceptors (Lipinski definition) is 2. The van der Waals surface area contributed by atoms with Crippen LogP contribution in [0.5, 0.6) is 0 Å². The van der Waals surface area contributed by atoms with Gasteiger partial charge in [-0.1, -0.05) is 49.4 Å². The molecule has 0 saturated heterocycles. The number of hydrogen-bond donors (Lipinski definition) is 1. The Balaban J connectivity index is 1.82. The lowest BCUT2D eigenvalue weighted by molar-refractivity contribution is 1.11. The summed E-state index contributed by atoms with van der Waals surface area (Å²) in [7, 11) is 0. The van der Waals surface area contributed by atoms with Crippen molar-refractivity contribution in [3.8, 4) is 0 Å². The zero-order valence-corrected chi connectivity index (χ0v) is 12.6. The Morgan fingerprint density at radius 3 is 2.43 bits per heavy atom. The Morgan fingerprint density at radius 1 is 0.905 bits per heavy atom. The fourth-order valence-corrected chi connectivity index (χ4v) is 2.48. The van der Waals surface area contributed by atoms with Crippen LogP contribution in [0.4, 0.5) is 5.69 Å². The van der Waals surface area contributed by atoms with Gasteiger partial charge >= 0.3 is 0 Å². The molecule has 3 aromatic rings. The van der Waals surface area contributed by atoms with Gasteiger partial charge in [0.1, 0.15) is 0 Å². The summed E-state index contributed by atoms with van der Waals surface area (Å²) in [5.41, 5.74) is 5.85. The lowest BCUT2D eigenvalue weighted by Crippen LogP contribution is -2.01. The highest BCUT2D eigenvalue weighted by molar-refractivity contribution is 5.90. The quantitative estimate of drug-likeness (QED) is 0.746. The highest BCUT2D eigenvalue weighted by Gasteiger charge is 2.02. The van der Waals surface area contributed by atoms with Crippen LogP contribution in [0.15, 0.2) is 54.6 Å². The minimum absolute atomic E-state index is 0.818. The molecule has 0 aliphatic heterocycles. The average Bonchev–Trinajstić information content (AvgIpc) is 2.53. The van der Waals surface area contributed by atoms with Crippen LogP contribution in [0.3, 0.4) is 0 Å². The molecule has 1 heterocycles. The van der Waals surface area contributed by atoms with Crippen LogP contribution in [0.25, 0.3) is 10.9 Å². The van der Waals surface area contributed by atoms with E-state index in [9.17, 15) is 0 Å². The van der Waals surface area contributed by atoms with Gasteiger partial charge in [0.25, 0.3) is 0 Å². The standard InChI is InChI=1S/C19H20N2/c1-3-15-8-10-16(11-9-15)13-20-18-6-4-5-17-12-7-14(2)21-19(17)18/h4-12,20H,3,13H2,1-2H3. The molecule has 21 heavy (non-hydrogen) atoms. The van der Waals surface area contributed by atoms with Crippen molar-refractivity contribution in [3.05, 3.63) is 71.4 Å². The Morgan fingerprint density at radius 2 is 1.67 bits per heavy atom. The third-order valence-electron chi connectivity index (χ3n) is 3.77. The molecule has 0 spiro atoms. The molecule has 0 saturated carbocycles. The lowest BCUT2D eigenvalue weighted by Gasteiger charge is -2.10. The van der Waals surface area contributed by atoms with E-state index in [-0.39, 0.29) is 0 Å². The van der Waals surface area contributed by atoms with E-state index in [2.05, 4.69) is 71.8 Å². The Labute approximate surface area is 125 Å². The van der Waals surface area contributed by atoms with Crippen molar-refractivity contribution in [1.82, 2.24) is 4.98 Å². The zero-order chi connectivity index (χ0) is 14.7. The lowest BCUT2D eigenvalue weighted by atomic mass is 10.1. The highest BCUT2D eigenvalue weighted by atomic mass is 14.9. The van der Waals surface area contributed by atoms with E-state index < -0.39 is 0 Å². The largest absolute Gasteiger partial charge is 0.379 e. The molecular formula is C19H20N2. The first-order chi connectivity index (χ1) is 10.3. The van der Waals surface area contributed by atoms with E-state index in [4.69, 9.17) is 0 Å². The molecule has 0 fully saturated rings. The monoisotopic (exact) mass is 276 g/mol. The van der Waals surface area contributed by atoms with Crippen molar-refractivity contribution < 1.29 is 0 Å². The second-order valence-electron chi connectivity index (χ2n) is 5.35. The van der Waals surface area contributed by atoms with E-state index in [1.54, 1.807) is 0 Å². The molecule has 2 aromatic carbocycles. The van der Waals surface area contributed by atoms with Gasteiger partial charge in [0, 0.05) is 17.6 Å². The number of para-hydroxylation sites is 1. The fraction of sp³-hybridized carbons (Fsp3) is 0.211. The van der Waals surface area contributed by atoms with E-state index in [0.29, 0.717) is 0 Å². The maximum Gasteiger partial charge on any atom is 0.0936 e.